The quantitative estimate of drug-likeness (QED) is 0.0320. The van der Waals surface area contributed by atoms with E-state index in [1.54, 1.807) is 0 Å². The summed E-state index contributed by atoms with van der Waals surface area (Å²) in [6.45, 7) is 4.96. The molecule has 0 aliphatic carbocycles. The van der Waals surface area contributed by atoms with Crippen molar-refractivity contribution in [2.45, 2.75) is 431 Å². The number of unbranched alkanes of at least 4 members (excludes halogenated alkanes) is 53. The fourth-order valence-corrected chi connectivity index (χ4v) is 12.0. The lowest BCUT2D eigenvalue weighted by atomic mass is 10.0. The van der Waals surface area contributed by atoms with E-state index in [0.717, 1.165) is 57.8 Å². The Kier molecular flexibility index (Phi) is 72.4. The zero-order valence-corrected chi connectivity index (χ0v) is 57.4. The SMILES string of the molecule is CCCCC/C=C\C/C=C\CCCCCCCCCCCC(=O)OCCCCCCCCCCC/C=C\C/C=C\CCCCCCCCCCCCCC(=O)NC(CO)C(O)CCCCCCCCCCCCCCCCCCCCCCCC. The van der Waals surface area contributed by atoms with E-state index in [9.17, 15) is 19.8 Å². The molecule has 0 rings (SSSR count). The van der Waals surface area contributed by atoms with Crippen molar-refractivity contribution in [3.05, 3.63) is 48.6 Å². The van der Waals surface area contributed by atoms with E-state index in [-0.39, 0.29) is 18.5 Å². The minimum atomic E-state index is -0.669. The maximum atomic E-state index is 12.6. The third kappa shape index (κ3) is 70.8. The van der Waals surface area contributed by atoms with Gasteiger partial charge < -0.3 is 20.3 Å². The van der Waals surface area contributed by atoms with Crippen LogP contribution >= 0.6 is 0 Å². The summed E-state index contributed by atoms with van der Waals surface area (Å²) < 4.78 is 5.50. The summed E-state index contributed by atoms with van der Waals surface area (Å²) in [4.78, 5) is 24.7. The second-order valence-corrected chi connectivity index (χ2v) is 26.3. The molecule has 6 heteroatoms. The van der Waals surface area contributed by atoms with Gasteiger partial charge in [0, 0.05) is 12.8 Å². The highest BCUT2D eigenvalue weighted by Crippen LogP contribution is 2.19. The molecule has 0 aromatic carbocycles. The number of amides is 1. The van der Waals surface area contributed by atoms with Crippen molar-refractivity contribution in [2.24, 2.45) is 0 Å². The van der Waals surface area contributed by atoms with Crippen LogP contribution in [0.5, 0.6) is 0 Å². The van der Waals surface area contributed by atoms with Crippen molar-refractivity contribution >= 4 is 11.9 Å². The fourth-order valence-electron chi connectivity index (χ4n) is 12.0. The van der Waals surface area contributed by atoms with Crippen LogP contribution in [-0.4, -0.2) is 47.4 Å². The predicted octanol–water partition coefficient (Wildman–Crippen LogP) is 25.2. The number of aliphatic hydroxyl groups excluding tert-OH is 2. The monoisotopic (exact) mass is 1190 g/mol. The lowest BCUT2D eigenvalue weighted by Crippen LogP contribution is -2.45. The van der Waals surface area contributed by atoms with Crippen LogP contribution in [0.2, 0.25) is 0 Å². The molecule has 0 spiro atoms. The Morgan fingerprint density at radius 2 is 0.588 bits per heavy atom. The normalized spacial score (nSPS) is 12.8. The molecule has 0 fully saturated rings. The average Bonchev–Trinajstić information content (AvgIpc) is 3.51. The van der Waals surface area contributed by atoms with Crippen molar-refractivity contribution in [1.29, 1.82) is 0 Å². The van der Waals surface area contributed by atoms with E-state index in [4.69, 9.17) is 4.74 Å². The molecule has 0 bridgehead atoms. The molecular formula is C79H149NO5. The van der Waals surface area contributed by atoms with Gasteiger partial charge in [0.05, 0.1) is 25.4 Å². The highest BCUT2D eigenvalue weighted by Gasteiger charge is 2.20. The van der Waals surface area contributed by atoms with Gasteiger partial charge in [-0.2, -0.15) is 0 Å². The van der Waals surface area contributed by atoms with Crippen LogP contribution in [0.3, 0.4) is 0 Å². The van der Waals surface area contributed by atoms with E-state index in [0.29, 0.717) is 25.9 Å². The van der Waals surface area contributed by atoms with E-state index in [1.165, 1.54) is 327 Å². The van der Waals surface area contributed by atoms with Gasteiger partial charge in [0.2, 0.25) is 5.91 Å². The number of aliphatic hydroxyl groups is 2. The summed E-state index contributed by atoms with van der Waals surface area (Å²) in [5.74, 6) is -0.0265. The van der Waals surface area contributed by atoms with Crippen molar-refractivity contribution in [2.75, 3.05) is 13.2 Å². The van der Waals surface area contributed by atoms with Crippen LogP contribution in [0.15, 0.2) is 48.6 Å². The van der Waals surface area contributed by atoms with Gasteiger partial charge in [-0.15, -0.1) is 0 Å². The number of nitrogens with one attached hydrogen (secondary N) is 1. The summed E-state index contributed by atoms with van der Waals surface area (Å²) in [7, 11) is 0. The Bertz CT molecular complexity index is 1420. The van der Waals surface area contributed by atoms with Gasteiger partial charge in [-0.25, -0.2) is 0 Å². The topological polar surface area (TPSA) is 95.9 Å². The van der Waals surface area contributed by atoms with E-state index in [2.05, 4.69) is 67.8 Å². The number of esters is 1. The van der Waals surface area contributed by atoms with Crippen LogP contribution < -0.4 is 5.32 Å². The molecule has 0 aromatic rings. The number of carbonyl (C=O) groups excluding carboxylic acids is 2. The molecule has 2 unspecified atom stereocenters. The number of rotatable bonds is 72. The first kappa shape index (κ1) is 82.8. The average molecular weight is 1190 g/mol. The molecule has 0 aliphatic heterocycles. The van der Waals surface area contributed by atoms with Gasteiger partial charge in [-0.05, 0) is 89.9 Å². The molecular weight excluding hydrogens is 1040 g/mol. The van der Waals surface area contributed by atoms with Crippen LogP contribution in [0.25, 0.3) is 0 Å². The molecule has 0 saturated heterocycles. The Balaban J connectivity index is 3.41. The van der Waals surface area contributed by atoms with Crippen molar-refractivity contribution in [1.82, 2.24) is 5.32 Å². The molecule has 0 radical (unpaired) electrons. The molecule has 0 aromatic heterocycles. The van der Waals surface area contributed by atoms with Gasteiger partial charge in [0.1, 0.15) is 0 Å². The van der Waals surface area contributed by atoms with E-state index < -0.39 is 12.1 Å². The number of ether oxygens (including phenoxy) is 1. The Hall–Kier alpha value is -2.18. The lowest BCUT2D eigenvalue weighted by molar-refractivity contribution is -0.143. The molecule has 0 aliphatic rings. The molecule has 0 saturated carbocycles. The summed E-state index contributed by atoms with van der Waals surface area (Å²) in [5.41, 5.74) is 0. The first-order chi connectivity index (χ1) is 42.0. The van der Waals surface area contributed by atoms with Crippen LogP contribution in [-0.2, 0) is 14.3 Å². The number of carbonyl (C=O) groups is 2. The first-order valence-electron chi connectivity index (χ1n) is 38.4. The van der Waals surface area contributed by atoms with Gasteiger partial charge in [0.25, 0.3) is 0 Å². The highest BCUT2D eigenvalue weighted by molar-refractivity contribution is 5.76. The standard InChI is InChI=1S/C79H149NO5/c1-3-5-7-9-11-13-15-17-19-21-23-24-32-36-39-43-47-51-55-59-63-67-71-77(82)76(75-81)80-78(83)72-68-64-60-56-52-48-44-40-37-33-30-28-26-25-27-29-31-34-38-42-46-50-54-58-62-66-70-74-85-79(84)73-69-65-61-57-53-49-45-41-35-22-20-18-16-14-12-10-8-6-4-2/h12,14,18,20,25-26,29,31,76-77,81-82H,3-11,13,15-17,19,21-24,27-28,30,32-75H2,1-2H3,(H,80,83)/b14-12-,20-18-,26-25-,31-29-. The molecule has 3 N–H and O–H groups in total. The molecule has 500 valence electrons. The highest BCUT2D eigenvalue weighted by atomic mass is 16.5. The molecule has 85 heavy (non-hydrogen) atoms. The van der Waals surface area contributed by atoms with Crippen LogP contribution in [0.1, 0.15) is 418 Å². The smallest absolute Gasteiger partial charge is 0.305 e. The minimum Gasteiger partial charge on any atom is -0.466 e. The van der Waals surface area contributed by atoms with Crippen LogP contribution in [0, 0.1) is 0 Å². The zero-order valence-electron chi connectivity index (χ0n) is 57.4. The van der Waals surface area contributed by atoms with E-state index in [1.807, 2.05) is 0 Å². The minimum absolute atomic E-state index is 0.00744. The number of hydrogen-bond donors (Lipinski definition) is 3. The van der Waals surface area contributed by atoms with Crippen molar-refractivity contribution in [3.63, 3.8) is 0 Å². The predicted molar refractivity (Wildman–Crippen MR) is 375 cm³/mol. The summed E-state index contributed by atoms with van der Waals surface area (Å²) in [6.07, 6.45) is 97.5. The Morgan fingerprint density at radius 3 is 0.918 bits per heavy atom. The maximum Gasteiger partial charge on any atom is 0.305 e. The van der Waals surface area contributed by atoms with Gasteiger partial charge in [-0.3, -0.25) is 9.59 Å². The second kappa shape index (κ2) is 74.3. The van der Waals surface area contributed by atoms with Crippen molar-refractivity contribution < 1.29 is 24.5 Å². The number of hydrogen-bond acceptors (Lipinski definition) is 5. The third-order valence-electron chi connectivity index (χ3n) is 17.9. The Labute approximate surface area is 531 Å². The van der Waals surface area contributed by atoms with Gasteiger partial charge >= 0.3 is 5.97 Å². The third-order valence-corrected chi connectivity index (χ3v) is 17.9. The molecule has 0 heterocycles. The molecule has 2 atom stereocenters. The van der Waals surface area contributed by atoms with Crippen molar-refractivity contribution in [3.8, 4) is 0 Å². The largest absolute Gasteiger partial charge is 0.466 e. The maximum absolute atomic E-state index is 12.6. The first-order valence-corrected chi connectivity index (χ1v) is 38.4. The Morgan fingerprint density at radius 1 is 0.329 bits per heavy atom. The number of allylic oxidation sites excluding steroid dienone is 8. The summed E-state index contributed by atoms with van der Waals surface area (Å²) in [5, 5.41) is 23.4. The molecule has 6 nitrogen and oxygen atoms in total. The van der Waals surface area contributed by atoms with Gasteiger partial charge in [0.15, 0.2) is 0 Å². The molecule has 1 amide bonds. The zero-order chi connectivity index (χ0) is 61.3. The fraction of sp³-hybridized carbons (Fsp3) is 0.873. The van der Waals surface area contributed by atoms with Crippen LogP contribution in [0.4, 0.5) is 0 Å². The summed E-state index contributed by atoms with van der Waals surface area (Å²) in [6, 6.07) is -0.546. The summed E-state index contributed by atoms with van der Waals surface area (Å²) >= 11 is 0. The lowest BCUT2D eigenvalue weighted by Gasteiger charge is -2.22. The van der Waals surface area contributed by atoms with E-state index >= 15 is 0 Å². The second-order valence-electron chi connectivity index (χ2n) is 26.3. The van der Waals surface area contributed by atoms with Gasteiger partial charge in [-0.1, -0.05) is 364 Å².